The predicted octanol–water partition coefficient (Wildman–Crippen LogP) is 1.08. The third-order valence-corrected chi connectivity index (χ3v) is 3.01. The number of carbonyl (C=O) groups is 2. The third-order valence-electron chi connectivity index (χ3n) is 3.01. The molecule has 0 aromatic heterocycles. The van der Waals surface area contributed by atoms with Gasteiger partial charge in [0.15, 0.2) is 0 Å². The van der Waals surface area contributed by atoms with E-state index in [4.69, 9.17) is 4.74 Å². The molecule has 1 aliphatic heterocycles. The van der Waals surface area contributed by atoms with Gasteiger partial charge in [-0.25, -0.2) is 5.43 Å². The number of nitrogens with zero attached hydrogens (tertiary/aromatic N) is 1. The molecular weight excluding hydrogens is 258 g/mol. The number of rotatable bonds is 5. The summed E-state index contributed by atoms with van der Waals surface area (Å²) in [6, 6.07) is 7.55. The maximum atomic E-state index is 12.1. The van der Waals surface area contributed by atoms with Crippen LogP contribution in [0.5, 0.6) is 0 Å². The molecule has 0 aliphatic carbocycles. The number of methoxy groups -OCH3 is 1. The van der Waals surface area contributed by atoms with Crippen molar-refractivity contribution in [1.29, 1.82) is 0 Å². The van der Waals surface area contributed by atoms with Gasteiger partial charge in [-0.2, -0.15) is 5.10 Å². The highest BCUT2D eigenvalue weighted by molar-refractivity contribution is 6.43. The lowest BCUT2D eigenvalue weighted by Gasteiger charge is -2.14. The monoisotopic (exact) mass is 275 g/mol. The molecule has 6 heteroatoms. The molecule has 106 valence electrons. The van der Waals surface area contributed by atoms with E-state index in [-0.39, 0.29) is 18.2 Å². The van der Waals surface area contributed by atoms with Gasteiger partial charge in [0.25, 0.3) is 5.91 Å². The number of carbonyl (C=O) groups excluding carboxylic acids is 2. The van der Waals surface area contributed by atoms with Crippen LogP contribution in [0.25, 0.3) is 0 Å². The van der Waals surface area contributed by atoms with Crippen molar-refractivity contribution >= 4 is 23.2 Å². The topological polar surface area (TPSA) is 79.8 Å². The number of anilines is 1. The summed E-state index contributed by atoms with van der Waals surface area (Å²) in [5.41, 5.74) is 4.40. The molecule has 0 radical (unpaired) electrons. The fourth-order valence-corrected chi connectivity index (χ4v) is 1.90. The molecule has 0 unspecified atom stereocenters. The molecule has 0 atom stereocenters. The van der Waals surface area contributed by atoms with Crippen LogP contribution >= 0.6 is 0 Å². The zero-order chi connectivity index (χ0) is 14.4. The van der Waals surface area contributed by atoms with Gasteiger partial charge in [0.2, 0.25) is 5.91 Å². The first kappa shape index (κ1) is 14.2. The van der Waals surface area contributed by atoms with E-state index in [9.17, 15) is 9.59 Å². The molecule has 6 nitrogen and oxygen atoms in total. The van der Waals surface area contributed by atoms with Gasteiger partial charge in [0.05, 0.1) is 6.61 Å². The van der Waals surface area contributed by atoms with Crippen molar-refractivity contribution in [1.82, 2.24) is 5.43 Å². The van der Waals surface area contributed by atoms with Crippen molar-refractivity contribution in [3.63, 3.8) is 0 Å². The Morgan fingerprint density at radius 1 is 1.40 bits per heavy atom. The minimum atomic E-state index is -0.283. The van der Waals surface area contributed by atoms with Gasteiger partial charge in [0.1, 0.15) is 5.71 Å². The minimum absolute atomic E-state index is 0.165. The lowest BCUT2D eigenvalue weighted by Crippen LogP contribution is -2.33. The maximum Gasteiger partial charge on any atom is 0.271 e. The SMILES string of the molecule is COCCc1ccccc1NC(=O)C1=NNC(=O)CC1. The van der Waals surface area contributed by atoms with E-state index in [2.05, 4.69) is 15.8 Å². The number of benzene rings is 1. The van der Waals surface area contributed by atoms with Crippen LogP contribution in [0.2, 0.25) is 0 Å². The Balaban J connectivity index is 2.06. The van der Waals surface area contributed by atoms with Crippen molar-refractivity contribution in [2.45, 2.75) is 19.3 Å². The summed E-state index contributed by atoms with van der Waals surface area (Å²) >= 11 is 0. The molecule has 0 spiro atoms. The standard InChI is InChI=1S/C14H17N3O3/c1-20-9-8-10-4-2-3-5-11(10)15-14(19)12-6-7-13(18)17-16-12/h2-5H,6-9H2,1H3,(H,15,19)(H,17,18). The average Bonchev–Trinajstić information content (AvgIpc) is 2.47. The molecule has 0 saturated heterocycles. The van der Waals surface area contributed by atoms with Gasteiger partial charge in [-0.3, -0.25) is 9.59 Å². The van der Waals surface area contributed by atoms with E-state index in [1.165, 1.54) is 0 Å². The Hall–Kier alpha value is -2.21. The predicted molar refractivity (Wildman–Crippen MR) is 75.5 cm³/mol. The number of hydrazone groups is 1. The van der Waals surface area contributed by atoms with Gasteiger partial charge < -0.3 is 10.1 Å². The smallest absolute Gasteiger partial charge is 0.271 e. The molecule has 1 aromatic carbocycles. The quantitative estimate of drug-likeness (QED) is 0.844. The van der Waals surface area contributed by atoms with Gasteiger partial charge in [-0.05, 0) is 18.1 Å². The molecule has 2 amide bonds. The van der Waals surface area contributed by atoms with Crippen molar-refractivity contribution in [2.24, 2.45) is 5.10 Å². The van der Waals surface area contributed by atoms with Crippen molar-refractivity contribution in [2.75, 3.05) is 19.0 Å². The fraction of sp³-hybridized carbons (Fsp3) is 0.357. The largest absolute Gasteiger partial charge is 0.384 e. The van der Waals surface area contributed by atoms with Crippen LogP contribution < -0.4 is 10.7 Å². The molecule has 1 aliphatic rings. The van der Waals surface area contributed by atoms with E-state index in [1.54, 1.807) is 7.11 Å². The highest BCUT2D eigenvalue weighted by Gasteiger charge is 2.18. The summed E-state index contributed by atoms with van der Waals surface area (Å²) in [5.74, 6) is -0.447. The Bertz CT molecular complexity index is 540. The fourth-order valence-electron chi connectivity index (χ4n) is 1.90. The summed E-state index contributed by atoms with van der Waals surface area (Å²) in [6.07, 6.45) is 1.37. The Kier molecular flexibility index (Phi) is 4.84. The molecule has 0 saturated carbocycles. The zero-order valence-corrected chi connectivity index (χ0v) is 11.3. The number of ether oxygens (including phenoxy) is 1. The van der Waals surface area contributed by atoms with Gasteiger partial charge >= 0.3 is 0 Å². The highest BCUT2D eigenvalue weighted by atomic mass is 16.5. The van der Waals surface area contributed by atoms with Gasteiger partial charge in [-0.1, -0.05) is 18.2 Å². The summed E-state index contributed by atoms with van der Waals surface area (Å²) in [4.78, 5) is 23.1. The Labute approximate surface area is 117 Å². The van der Waals surface area contributed by atoms with Crippen LogP contribution in [0.15, 0.2) is 29.4 Å². The van der Waals surface area contributed by atoms with Crippen LogP contribution in [-0.4, -0.2) is 31.2 Å². The third kappa shape index (κ3) is 3.64. The van der Waals surface area contributed by atoms with Gasteiger partial charge in [-0.15, -0.1) is 0 Å². The second-order valence-corrected chi connectivity index (χ2v) is 4.45. The maximum absolute atomic E-state index is 12.1. The van der Waals surface area contributed by atoms with Crippen molar-refractivity contribution < 1.29 is 14.3 Å². The van der Waals surface area contributed by atoms with Crippen LogP contribution in [-0.2, 0) is 20.7 Å². The Morgan fingerprint density at radius 3 is 2.90 bits per heavy atom. The first-order valence-electron chi connectivity index (χ1n) is 6.44. The molecule has 2 rings (SSSR count). The Morgan fingerprint density at radius 2 is 2.20 bits per heavy atom. The second kappa shape index (κ2) is 6.81. The van der Waals surface area contributed by atoms with Crippen LogP contribution in [0.4, 0.5) is 5.69 Å². The van der Waals surface area contributed by atoms with E-state index in [0.29, 0.717) is 18.7 Å². The van der Waals surface area contributed by atoms with E-state index < -0.39 is 0 Å². The summed E-state index contributed by atoms with van der Waals surface area (Å²) in [7, 11) is 1.64. The summed E-state index contributed by atoms with van der Waals surface area (Å²) in [6.45, 7) is 0.587. The first-order chi connectivity index (χ1) is 9.70. The molecule has 1 heterocycles. The molecule has 1 aromatic rings. The minimum Gasteiger partial charge on any atom is -0.384 e. The number of para-hydroxylation sites is 1. The number of hydrogen-bond donors (Lipinski definition) is 2. The normalized spacial score (nSPS) is 14.4. The number of hydrogen-bond acceptors (Lipinski definition) is 4. The van der Waals surface area contributed by atoms with E-state index >= 15 is 0 Å². The highest BCUT2D eigenvalue weighted by Crippen LogP contribution is 2.16. The summed E-state index contributed by atoms with van der Waals surface area (Å²) < 4.78 is 5.05. The first-order valence-corrected chi connectivity index (χ1v) is 6.44. The average molecular weight is 275 g/mol. The molecule has 2 N–H and O–H groups in total. The molecule has 20 heavy (non-hydrogen) atoms. The lowest BCUT2D eigenvalue weighted by molar-refractivity contribution is -0.121. The van der Waals surface area contributed by atoms with E-state index in [1.807, 2.05) is 24.3 Å². The molecule has 0 bridgehead atoms. The van der Waals surface area contributed by atoms with E-state index in [0.717, 1.165) is 17.7 Å². The van der Waals surface area contributed by atoms with Crippen molar-refractivity contribution in [3.05, 3.63) is 29.8 Å². The van der Waals surface area contributed by atoms with Crippen LogP contribution in [0.3, 0.4) is 0 Å². The molecule has 0 fully saturated rings. The van der Waals surface area contributed by atoms with Gasteiger partial charge in [0, 0.05) is 25.6 Å². The van der Waals surface area contributed by atoms with Crippen LogP contribution in [0.1, 0.15) is 18.4 Å². The van der Waals surface area contributed by atoms with Crippen LogP contribution in [0, 0.1) is 0 Å². The van der Waals surface area contributed by atoms with Crippen molar-refractivity contribution in [3.8, 4) is 0 Å². The summed E-state index contributed by atoms with van der Waals surface area (Å²) in [5, 5.41) is 6.61. The lowest BCUT2D eigenvalue weighted by atomic mass is 10.1. The number of nitrogens with one attached hydrogen (secondary N) is 2. The molecular formula is C14H17N3O3. The second-order valence-electron chi connectivity index (χ2n) is 4.45. The number of amides is 2. The zero-order valence-electron chi connectivity index (χ0n) is 11.3.